The zero-order chi connectivity index (χ0) is 12.2. The van der Waals surface area contributed by atoms with E-state index in [0.29, 0.717) is 5.41 Å². The van der Waals surface area contributed by atoms with E-state index in [1.165, 1.54) is 12.8 Å². The Kier molecular flexibility index (Phi) is 5.92. The summed E-state index contributed by atoms with van der Waals surface area (Å²) in [6, 6.07) is 0. The predicted molar refractivity (Wildman–Crippen MR) is 71.0 cm³/mol. The van der Waals surface area contributed by atoms with Gasteiger partial charge in [0.25, 0.3) is 0 Å². The maximum absolute atomic E-state index is 2.47. The molecule has 0 bridgehead atoms. The Balaban J connectivity index is 4.71. The molecule has 0 aliphatic carbocycles. The molecule has 0 aromatic carbocycles. The molecule has 0 spiro atoms. The summed E-state index contributed by atoms with van der Waals surface area (Å²) in [5.74, 6) is 3.29. The quantitative estimate of drug-likeness (QED) is 0.554. The lowest BCUT2D eigenvalue weighted by molar-refractivity contribution is 0.0572. The number of hydrogen-bond donors (Lipinski definition) is 0. The first-order valence-electron chi connectivity index (χ1n) is 6.81. The van der Waals surface area contributed by atoms with Crippen LogP contribution >= 0.6 is 0 Å². The Labute approximate surface area is 97.8 Å². The van der Waals surface area contributed by atoms with Gasteiger partial charge in [0.05, 0.1) is 0 Å². The minimum absolute atomic E-state index is 0.503. The minimum atomic E-state index is 0.503. The van der Waals surface area contributed by atoms with Crippen LogP contribution < -0.4 is 0 Å². The second kappa shape index (κ2) is 5.92. The molecule has 4 atom stereocenters. The van der Waals surface area contributed by atoms with Crippen LogP contribution in [0.3, 0.4) is 0 Å². The second-order valence-corrected chi connectivity index (χ2v) is 6.05. The summed E-state index contributed by atoms with van der Waals surface area (Å²) in [5, 5.41) is 0. The lowest BCUT2D eigenvalue weighted by Crippen LogP contribution is -2.36. The van der Waals surface area contributed by atoms with Gasteiger partial charge in [-0.1, -0.05) is 68.2 Å². The van der Waals surface area contributed by atoms with Crippen LogP contribution in [0.4, 0.5) is 0 Å². The third-order valence-corrected chi connectivity index (χ3v) is 5.45. The summed E-state index contributed by atoms with van der Waals surface area (Å²) in [7, 11) is 0. The molecule has 4 unspecified atom stereocenters. The van der Waals surface area contributed by atoms with Crippen molar-refractivity contribution in [3.05, 3.63) is 0 Å². The minimum Gasteiger partial charge on any atom is -0.0651 e. The highest BCUT2D eigenvalue weighted by Gasteiger charge is 2.36. The van der Waals surface area contributed by atoms with Gasteiger partial charge in [0.2, 0.25) is 0 Å². The van der Waals surface area contributed by atoms with Crippen LogP contribution in [-0.4, -0.2) is 0 Å². The van der Waals surface area contributed by atoms with Crippen molar-refractivity contribution in [1.82, 2.24) is 0 Å². The van der Waals surface area contributed by atoms with E-state index < -0.39 is 0 Å². The van der Waals surface area contributed by atoms with Gasteiger partial charge in [-0.3, -0.25) is 0 Å². The Bertz CT molecular complexity index is 171. The first kappa shape index (κ1) is 15.0. The van der Waals surface area contributed by atoms with Crippen LogP contribution in [0.15, 0.2) is 0 Å². The van der Waals surface area contributed by atoms with E-state index in [0.717, 1.165) is 23.7 Å². The van der Waals surface area contributed by atoms with E-state index in [2.05, 4.69) is 55.4 Å². The van der Waals surface area contributed by atoms with Crippen molar-refractivity contribution in [2.45, 2.75) is 68.2 Å². The van der Waals surface area contributed by atoms with Gasteiger partial charge in [0, 0.05) is 0 Å². The summed E-state index contributed by atoms with van der Waals surface area (Å²) in [6.45, 7) is 19.2. The molecule has 0 fully saturated rings. The smallest absolute Gasteiger partial charge is 0.0277 e. The second-order valence-electron chi connectivity index (χ2n) is 6.05. The Morgan fingerprint density at radius 3 is 1.67 bits per heavy atom. The van der Waals surface area contributed by atoms with Crippen molar-refractivity contribution in [1.29, 1.82) is 0 Å². The molecule has 0 amide bonds. The van der Waals surface area contributed by atoms with Crippen LogP contribution in [0, 0.1) is 29.1 Å². The monoisotopic (exact) mass is 212 g/mol. The van der Waals surface area contributed by atoms with Crippen LogP contribution in [0.1, 0.15) is 68.2 Å². The molecule has 0 N–H and O–H groups in total. The van der Waals surface area contributed by atoms with Crippen LogP contribution in [0.2, 0.25) is 0 Å². The van der Waals surface area contributed by atoms with Crippen molar-refractivity contribution in [3.8, 4) is 0 Å². The molecule has 0 heteroatoms. The van der Waals surface area contributed by atoms with Gasteiger partial charge in [-0.25, -0.2) is 0 Å². The van der Waals surface area contributed by atoms with E-state index in [9.17, 15) is 0 Å². The SMILES string of the molecule is CCC(C)C(C)C(C)C(C)(CC)C(C)C. The highest BCUT2D eigenvalue weighted by molar-refractivity contribution is 4.85. The van der Waals surface area contributed by atoms with Crippen molar-refractivity contribution in [2.75, 3.05) is 0 Å². The first-order valence-corrected chi connectivity index (χ1v) is 6.81. The fourth-order valence-electron chi connectivity index (χ4n) is 2.72. The van der Waals surface area contributed by atoms with E-state index in [1.807, 2.05) is 0 Å². The molecule has 0 aromatic rings. The number of hydrogen-bond acceptors (Lipinski definition) is 0. The maximum atomic E-state index is 2.47. The average molecular weight is 212 g/mol. The van der Waals surface area contributed by atoms with Crippen LogP contribution in [0.5, 0.6) is 0 Å². The summed E-state index contributed by atoms with van der Waals surface area (Å²) < 4.78 is 0. The lowest BCUT2D eigenvalue weighted by atomic mass is 9.62. The summed E-state index contributed by atoms with van der Waals surface area (Å²) in [6.07, 6.45) is 2.61. The molecular formula is C15H32. The van der Waals surface area contributed by atoms with E-state index in [1.54, 1.807) is 0 Å². The van der Waals surface area contributed by atoms with Gasteiger partial charge in [0.1, 0.15) is 0 Å². The molecule has 0 nitrogen and oxygen atoms in total. The van der Waals surface area contributed by atoms with Gasteiger partial charge < -0.3 is 0 Å². The molecular weight excluding hydrogens is 180 g/mol. The van der Waals surface area contributed by atoms with Gasteiger partial charge in [-0.05, 0) is 29.1 Å². The molecule has 92 valence electrons. The van der Waals surface area contributed by atoms with Crippen LogP contribution in [0.25, 0.3) is 0 Å². The highest BCUT2D eigenvalue weighted by Crippen LogP contribution is 2.44. The van der Waals surface area contributed by atoms with Gasteiger partial charge in [-0.2, -0.15) is 0 Å². The Hall–Kier alpha value is 0. The molecule has 0 saturated heterocycles. The van der Waals surface area contributed by atoms with Crippen molar-refractivity contribution in [2.24, 2.45) is 29.1 Å². The normalized spacial score (nSPS) is 22.2. The third kappa shape index (κ3) is 3.23. The van der Waals surface area contributed by atoms with Gasteiger partial charge >= 0.3 is 0 Å². The molecule has 15 heavy (non-hydrogen) atoms. The Morgan fingerprint density at radius 2 is 1.40 bits per heavy atom. The lowest BCUT2D eigenvalue weighted by Gasteiger charge is -2.43. The van der Waals surface area contributed by atoms with E-state index >= 15 is 0 Å². The van der Waals surface area contributed by atoms with E-state index in [4.69, 9.17) is 0 Å². The standard InChI is InChI=1S/C15H32/c1-9-12(5)13(6)14(7)15(8,10-2)11(3)4/h11-14H,9-10H2,1-8H3. The van der Waals surface area contributed by atoms with Crippen molar-refractivity contribution < 1.29 is 0 Å². The van der Waals surface area contributed by atoms with Gasteiger partial charge in [-0.15, -0.1) is 0 Å². The Morgan fingerprint density at radius 1 is 0.933 bits per heavy atom. The topological polar surface area (TPSA) is 0 Å². The largest absolute Gasteiger partial charge is 0.0651 e. The molecule has 0 aliphatic heterocycles. The zero-order valence-electron chi connectivity index (χ0n) is 12.2. The number of rotatable bonds is 6. The average Bonchev–Trinajstić information content (AvgIpc) is 2.24. The van der Waals surface area contributed by atoms with Crippen LogP contribution in [-0.2, 0) is 0 Å². The molecule has 0 radical (unpaired) electrons. The summed E-state index contributed by atoms with van der Waals surface area (Å²) in [5.41, 5.74) is 0.503. The molecule has 0 aliphatic rings. The summed E-state index contributed by atoms with van der Waals surface area (Å²) >= 11 is 0. The fourth-order valence-corrected chi connectivity index (χ4v) is 2.72. The highest BCUT2D eigenvalue weighted by atomic mass is 14.4. The molecule has 0 aromatic heterocycles. The maximum Gasteiger partial charge on any atom is -0.0277 e. The first-order chi connectivity index (χ1) is 6.81. The molecule has 0 heterocycles. The molecule has 0 saturated carbocycles. The fraction of sp³-hybridized carbons (Fsp3) is 1.00. The molecule has 0 rings (SSSR count). The van der Waals surface area contributed by atoms with Crippen molar-refractivity contribution >= 4 is 0 Å². The zero-order valence-corrected chi connectivity index (χ0v) is 12.2. The predicted octanol–water partition coefficient (Wildman–Crippen LogP) is 5.38. The summed E-state index contributed by atoms with van der Waals surface area (Å²) in [4.78, 5) is 0. The third-order valence-electron chi connectivity index (χ3n) is 5.45. The van der Waals surface area contributed by atoms with Gasteiger partial charge in [0.15, 0.2) is 0 Å². The van der Waals surface area contributed by atoms with Crippen molar-refractivity contribution in [3.63, 3.8) is 0 Å². The van der Waals surface area contributed by atoms with E-state index in [-0.39, 0.29) is 0 Å².